The lowest BCUT2D eigenvalue weighted by molar-refractivity contribution is 0.0257. The van der Waals surface area contributed by atoms with Crippen LogP contribution in [-0.2, 0) is 4.74 Å². The van der Waals surface area contributed by atoms with E-state index in [-0.39, 0.29) is 17.8 Å². The Hall–Kier alpha value is -3.24. The van der Waals surface area contributed by atoms with Crippen molar-refractivity contribution in [2.24, 2.45) is 0 Å². The van der Waals surface area contributed by atoms with Gasteiger partial charge in [0.25, 0.3) is 5.91 Å². The number of nitrogens with one attached hydrogen (secondary N) is 3. The number of hydrogen-bond acceptors (Lipinski definition) is 8. The predicted octanol–water partition coefficient (Wildman–Crippen LogP) is 4.29. The molecule has 10 heteroatoms. The molecule has 0 saturated carbocycles. The Morgan fingerprint density at radius 2 is 2.15 bits per heavy atom. The van der Waals surface area contributed by atoms with Gasteiger partial charge in [0.2, 0.25) is 0 Å². The smallest absolute Gasteiger partial charge is 0.261 e. The SMILES string of the molecule is C=CNCCCNC(=O)c1sc2ncnc(Nc3ccc(F)cc3OC3CCOCC3)c2c1C. The van der Waals surface area contributed by atoms with Gasteiger partial charge in [0.15, 0.2) is 0 Å². The number of halogens is 1. The molecule has 8 nitrogen and oxygen atoms in total. The number of ether oxygens (including phenoxy) is 2. The average Bonchev–Trinajstić information content (AvgIpc) is 3.18. The molecule has 1 saturated heterocycles. The lowest BCUT2D eigenvalue weighted by Crippen LogP contribution is -2.26. The molecule has 1 aliphatic rings. The Bertz CT molecular complexity index is 1160. The minimum absolute atomic E-state index is 0.0404. The van der Waals surface area contributed by atoms with Gasteiger partial charge in [0, 0.05) is 32.0 Å². The van der Waals surface area contributed by atoms with Crippen LogP contribution in [0.3, 0.4) is 0 Å². The Balaban J connectivity index is 1.56. The maximum atomic E-state index is 14.0. The number of rotatable bonds is 10. The molecule has 34 heavy (non-hydrogen) atoms. The van der Waals surface area contributed by atoms with Crippen LogP contribution in [-0.4, -0.2) is 48.3 Å². The third-order valence-corrected chi connectivity index (χ3v) is 6.72. The number of thiophene rings is 1. The van der Waals surface area contributed by atoms with Crippen molar-refractivity contribution >= 4 is 39.0 Å². The van der Waals surface area contributed by atoms with Crippen LogP contribution >= 0.6 is 11.3 Å². The van der Waals surface area contributed by atoms with Crippen molar-refractivity contribution in [3.8, 4) is 5.75 Å². The summed E-state index contributed by atoms with van der Waals surface area (Å²) in [5.74, 6) is 0.429. The van der Waals surface area contributed by atoms with Crippen molar-refractivity contribution in [3.63, 3.8) is 0 Å². The molecule has 1 fully saturated rings. The summed E-state index contributed by atoms with van der Waals surface area (Å²) in [7, 11) is 0. The van der Waals surface area contributed by atoms with Gasteiger partial charge in [-0.15, -0.1) is 11.3 Å². The zero-order valence-corrected chi connectivity index (χ0v) is 19.8. The number of benzene rings is 1. The molecule has 180 valence electrons. The minimum atomic E-state index is -0.380. The maximum Gasteiger partial charge on any atom is 0.261 e. The largest absolute Gasteiger partial charge is 0.488 e. The molecule has 0 atom stereocenters. The van der Waals surface area contributed by atoms with Crippen molar-refractivity contribution in [1.29, 1.82) is 0 Å². The number of fused-ring (bicyclic) bond motifs is 1. The second-order valence-electron chi connectivity index (χ2n) is 7.92. The van der Waals surface area contributed by atoms with Crippen LogP contribution in [0.5, 0.6) is 5.75 Å². The Morgan fingerprint density at radius 3 is 2.94 bits per heavy atom. The van der Waals surface area contributed by atoms with Gasteiger partial charge in [0.05, 0.1) is 29.2 Å². The highest BCUT2D eigenvalue weighted by Gasteiger charge is 2.21. The van der Waals surface area contributed by atoms with Gasteiger partial charge < -0.3 is 25.4 Å². The van der Waals surface area contributed by atoms with Crippen molar-refractivity contribution in [3.05, 3.63) is 53.6 Å². The third kappa shape index (κ3) is 5.63. The van der Waals surface area contributed by atoms with Crippen molar-refractivity contribution in [2.45, 2.75) is 32.3 Å². The molecular formula is C24H28FN5O3S. The van der Waals surface area contributed by atoms with E-state index in [4.69, 9.17) is 9.47 Å². The first-order valence-corrected chi connectivity index (χ1v) is 12.1. The van der Waals surface area contributed by atoms with E-state index in [2.05, 4.69) is 32.5 Å². The first-order valence-electron chi connectivity index (χ1n) is 11.2. The van der Waals surface area contributed by atoms with Crippen LogP contribution in [0.2, 0.25) is 0 Å². The van der Waals surface area contributed by atoms with Gasteiger partial charge in [0.1, 0.15) is 34.6 Å². The molecule has 1 aliphatic heterocycles. The number of carbonyl (C=O) groups is 1. The summed E-state index contributed by atoms with van der Waals surface area (Å²) in [4.78, 5) is 22.8. The average molecular weight is 486 g/mol. The van der Waals surface area contributed by atoms with E-state index >= 15 is 0 Å². The summed E-state index contributed by atoms with van der Waals surface area (Å²) in [5, 5.41) is 9.99. The molecule has 1 aromatic carbocycles. The summed E-state index contributed by atoms with van der Waals surface area (Å²) in [6.07, 6.45) is 5.33. The molecule has 4 rings (SSSR count). The minimum Gasteiger partial charge on any atom is -0.488 e. The topological polar surface area (TPSA) is 97.4 Å². The van der Waals surface area contributed by atoms with Gasteiger partial charge in [-0.05, 0) is 37.2 Å². The highest BCUT2D eigenvalue weighted by molar-refractivity contribution is 7.20. The highest BCUT2D eigenvalue weighted by Crippen LogP contribution is 2.37. The summed E-state index contributed by atoms with van der Waals surface area (Å²) in [6.45, 7) is 8.02. The number of aromatic nitrogens is 2. The number of anilines is 2. The van der Waals surface area contributed by atoms with Crippen molar-refractivity contribution < 1.29 is 18.7 Å². The van der Waals surface area contributed by atoms with E-state index in [9.17, 15) is 9.18 Å². The standard InChI is InChI=1S/C24H28FN5O3S/c1-3-26-9-4-10-27-23(31)21-15(2)20-22(28-14-29-24(20)34-21)30-18-6-5-16(25)13-19(18)33-17-7-11-32-12-8-17/h3,5-6,13-14,17,26H,1,4,7-12H2,2H3,(H,27,31)(H,28,29,30). The van der Waals surface area contributed by atoms with Gasteiger partial charge in [-0.3, -0.25) is 4.79 Å². The number of hydrogen-bond donors (Lipinski definition) is 3. The van der Waals surface area contributed by atoms with Crippen molar-refractivity contribution in [1.82, 2.24) is 20.6 Å². The Kier molecular flexibility index (Phi) is 7.91. The lowest BCUT2D eigenvalue weighted by Gasteiger charge is -2.24. The first-order chi connectivity index (χ1) is 16.6. The fourth-order valence-electron chi connectivity index (χ4n) is 3.76. The molecule has 0 unspecified atom stereocenters. The summed E-state index contributed by atoms with van der Waals surface area (Å²) < 4.78 is 25.5. The predicted molar refractivity (Wildman–Crippen MR) is 131 cm³/mol. The first kappa shape index (κ1) is 23.9. The van der Waals surface area contributed by atoms with Crippen LogP contribution in [0, 0.1) is 12.7 Å². The molecule has 3 N–H and O–H groups in total. The van der Waals surface area contributed by atoms with E-state index in [0.29, 0.717) is 46.7 Å². The summed E-state index contributed by atoms with van der Waals surface area (Å²) in [6, 6.07) is 4.37. The maximum absolute atomic E-state index is 14.0. The van der Waals surface area contributed by atoms with Crippen molar-refractivity contribution in [2.75, 3.05) is 31.6 Å². The number of carbonyl (C=O) groups excluding carboxylic acids is 1. The number of aryl methyl sites for hydroxylation is 1. The van der Waals surface area contributed by atoms with E-state index in [1.54, 1.807) is 12.3 Å². The summed E-state index contributed by atoms with van der Waals surface area (Å²) >= 11 is 1.32. The molecular weight excluding hydrogens is 457 g/mol. The zero-order chi connectivity index (χ0) is 23.9. The van der Waals surface area contributed by atoms with Crippen LogP contribution < -0.4 is 20.7 Å². The van der Waals surface area contributed by atoms with Gasteiger partial charge in [-0.25, -0.2) is 14.4 Å². The van der Waals surface area contributed by atoms with Crippen LogP contribution in [0.15, 0.2) is 37.3 Å². The fraction of sp³-hybridized carbons (Fsp3) is 0.375. The van der Waals surface area contributed by atoms with Crippen LogP contribution in [0.25, 0.3) is 10.2 Å². The second kappa shape index (κ2) is 11.3. The van der Waals surface area contributed by atoms with Crippen LogP contribution in [0.1, 0.15) is 34.5 Å². The molecule has 3 aromatic rings. The van der Waals surface area contributed by atoms with Gasteiger partial charge in [-0.2, -0.15) is 0 Å². The van der Waals surface area contributed by atoms with Gasteiger partial charge in [-0.1, -0.05) is 6.58 Å². The zero-order valence-electron chi connectivity index (χ0n) is 19.0. The molecule has 0 aliphatic carbocycles. The molecule has 2 aromatic heterocycles. The number of amides is 1. The van der Waals surface area contributed by atoms with Gasteiger partial charge >= 0.3 is 0 Å². The van der Waals surface area contributed by atoms with E-state index in [1.807, 2.05) is 6.92 Å². The molecule has 3 heterocycles. The molecule has 0 bridgehead atoms. The highest BCUT2D eigenvalue weighted by atomic mass is 32.1. The van der Waals surface area contributed by atoms with E-state index in [0.717, 1.165) is 36.8 Å². The normalized spacial score (nSPS) is 14.1. The molecule has 1 amide bonds. The van der Waals surface area contributed by atoms with Crippen LogP contribution in [0.4, 0.5) is 15.9 Å². The second-order valence-corrected chi connectivity index (χ2v) is 8.92. The fourth-order valence-corrected chi connectivity index (χ4v) is 4.82. The third-order valence-electron chi connectivity index (χ3n) is 5.52. The number of nitrogens with zero attached hydrogens (tertiary/aromatic N) is 2. The summed E-state index contributed by atoms with van der Waals surface area (Å²) in [5.41, 5.74) is 1.39. The Labute approximate surface area is 201 Å². The Morgan fingerprint density at radius 1 is 1.32 bits per heavy atom. The lowest BCUT2D eigenvalue weighted by atomic mass is 10.1. The van der Waals surface area contributed by atoms with E-state index in [1.165, 1.54) is 29.8 Å². The van der Waals surface area contributed by atoms with E-state index < -0.39 is 0 Å². The molecule has 0 radical (unpaired) electrons. The molecule has 0 spiro atoms. The quantitative estimate of drug-likeness (QED) is 0.369. The monoisotopic (exact) mass is 485 g/mol.